The van der Waals surface area contributed by atoms with Crippen molar-refractivity contribution in [3.63, 3.8) is 0 Å². The van der Waals surface area contributed by atoms with E-state index in [1.54, 1.807) is 16.4 Å². The second-order valence-electron chi connectivity index (χ2n) is 6.59. The monoisotopic (exact) mass is 387 g/mol. The molecule has 1 aliphatic heterocycles. The second-order valence-corrected chi connectivity index (χ2v) is 7.53. The highest BCUT2D eigenvalue weighted by Gasteiger charge is 2.24. The molecule has 0 N–H and O–H groups in total. The van der Waals surface area contributed by atoms with Gasteiger partial charge < -0.3 is 0 Å². The highest BCUT2D eigenvalue weighted by molar-refractivity contribution is 7.99. The topological polar surface area (TPSA) is 73.8 Å². The molecule has 0 amide bonds. The molecule has 0 atom stereocenters. The standard InChI is InChI=1S/C20H17N7S/c1-13-8-10-16(11-9-13)26-14(2)18(21-25-26)19-22-23-20-27(19)24-17(12-28-20)15-6-4-3-5-7-15/h3-11H,12H2,1-2H3. The Morgan fingerprint density at radius 3 is 2.46 bits per heavy atom. The zero-order chi connectivity index (χ0) is 19.1. The summed E-state index contributed by atoms with van der Waals surface area (Å²) < 4.78 is 3.58. The average Bonchev–Trinajstić information content (AvgIpc) is 3.32. The van der Waals surface area contributed by atoms with Gasteiger partial charge in [0.05, 0.1) is 17.1 Å². The van der Waals surface area contributed by atoms with E-state index in [0.29, 0.717) is 11.5 Å². The SMILES string of the molecule is Cc1ccc(-n2nnc(-c3nnc4n3N=C(c3ccccc3)CS4)c2C)cc1. The summed E-state index contributed by atoms with van der Waals surface area (Å²) in [5.74, 6) is 1.36. The molecule has 2 aromatic heterocycles. The number of thioether (sulfide) groups is 1. The first-order valence-electron chi connectivity index (χ1n) is 8.92. The number of hydrogen-bond donors (Lipinski definition) is 0. The van der Waals surface area contributed by atoms with E-state index >= 15 is 0 Å². The fraction of sp³-hybridized carbons (Fsp3) is 0.150. The van der Waals surface area contributed by atoms with Gasteiger partial charge in [0, 0.05) is 5.75 Å². The largest absolute Gasteiger partial charge is 0.217 e. The molecule has 0 saturated heterocycles. The van der Waals surface area contributed by atoms with E-state index in [-0.39, 0.29) is 0 Å². The van der Waals surface area contributed by atoms with Gasteiger partial charge in [-0.3, -0.25) is 0 Å². The predicted molar refractivity (Wildman–Crippen MR) is 109 cm³/mol. The molecule has 0 fully saturated rings. The maximum Gasteiger partial charge on any atom is 0.212 e. The Balaban J connectivity index is 1.58. The molecular weight excluding hydrogens is 370 g/mol. The zero-order valence-corrected chi connectivity index (χ0v) is 16.3. The fourth-order valence-corrected chi connectivity index (χ4v) is 3.95. The van der Waals surface area contributed by atoms with Crippen LogP contribution in [-0.4, -0.2) is 41.3 Å². The lowest BCUT2D eigenvalue weighted by molar-refractivity contribution is 0.759. The van der Waals surface area contributed by atoms with Gasteiger partial charge in [-0.05, 0) is 31.5 Å². The van der Waals surface area contributed by atoms with Crippen molar-refractivity contribution >= 4 is 17.5 Å². The van der Waals surface area contributed by atoms with Gasteiger partial charge in [0.25, 0.3) is 0 Å². The van der Waals surface area contributed by atoms with Crippen LogP contribution < -0.4 is 0 Å². The Hall–Kier alpha value is -3.26. The Morgan fingerprint density at radius 2 is 1.68 bits per heavy atom. The van der Waals surface area contributed by atoms with Crippen LogP contribution in [0.1, 0.15) is 16.8 Å². The van der Waals surface area contributed by atoms with Crippen LogP contribution in [0.25, 0.3) is 17.2 Å². The molecule has 0 aliphatic carbocycles. The molecule has 0 spiro atoms. The van der Waals surface area contributed by atoms with Crippen LogP contribution in [0.4, 0.5) is 0 Å². The van der Waals surface area contributed by atoms with E-state index < -0.39 is 0 Å². The number of hydrogen-bond acceptors (Lipinski definition) is 6. The molecule has 1 aliphatic rings. The molecule has 0 bridgehead atoms. The van der Waals surface area contributed by atoms with Crippen molar-refractivity contribution in [2.24, 2.45) is 5.10 Å². The molecule has 7 nitrogen and oxygen atoms in total. The number of fused-ring (bicyclic) bond motifs is 1. The van der Waals surface area contributed by atoms with Crippen molar-refractivity contribution in [1.82, 2.24) is 29.9 Å². The number of rotatable bonds is 3. The van der Waals surface area contributed by atoms with E-state index in [0.717, 1.165) is 33.6 Å². The molecule has 0 unspecified atom stereocenters. The number of aryl methyl sites for hydroxylation is 1. The molecule has 8 heteroatoms. The van der Waals surface area contributed by atoms with Crippen LogP contribution in [0.2, 0.25) is 0 Å². The summed E-state index contributed by atoms with van der Waals surface area (Å²) in [4.78, 5) is 0. The van der Waals surface area contributed by atoms with E-state index in [9.17, 15) is 0 Å². The molecule has 3 heterocycles. The van der Waals surface area contributed by atoms with E-state index in [1.165, 1.54) is 5.56 Å². The maximum atomic E-state index is 4.80. The predicted octanol–water partition coefficient (Wildman–Crippen LogP) is 3.50. The second kappa shape index (κ2) is 6.72. The number of nitrogens with zero attached hydrogens (tertiary/aromatic N) is 7. The Bertz CT molecular complexity index is 1170. The Kier molecular flexibility index (Phi) is 4.05. The minimum Gasteiger partial charge on any atom is -0.217 e. The van der Waals surface area contributed by atoms with Crippen LogP contribution in [0.15, 0.2) is 64.9 Å². The summed E-state index contributed by atoms with van der Waals surface area (Å²) in [6.45, 7) is 4.04. The minimum atomic E-state index is 0.603. The van der Waals surface area contributed by atoms with Crippen molar-refractivity contribution in [3.05, 3.63) is 71.4 Å². The molecule has 2 aromatic carbocycles. The first-order chi connectivity index (χ1) is 13.7. The summed E-state index contributed by atoms with van der Waals surface area (Å²) in [6, 6.07) is 18.3. The van der Waals surface area contributed by atoms with Gasteiger partial charge in [-0.15, -0.1) is 15.3 Å². The third-order valence-electron chi connectivity index (χ3n) is 4.66. The summed E-state index contributed by atoms with van der Waals surface area (Å²) in [5, 5.41) is 22.9. The third kappa shape index (κ3) is 2.82. The fourth-order valence-electron chi connectivity index (χ4n) is 3.11. The van der Waals surface area contributed by atoms with Gasteiger partial charge in [0.2, 0.25) is 11.0 Å². The summed E-state index contributed by atoms with van der Waals surface area (Å²) >= 11 is 1.62. The van der Waals surface area contributed by atoms with Gasteiger partial charge in [0.1, 0.15) is 0 Å². The normalized spacial score (nSPS) is 13.3. The zero-order valence-electron chi connectivity index (χ0n) is 15.4. The van der Waals surface area contributed by atoms with Gasteiger partial charge >= 0.3 is 0 Å². The molecule has 28 heavy (non-hydrogen) atoms. The number of benzene rings is 2. The molecule has 0 radical (unpaired) electrons. The highest BCUT2D eigenvalue weighted by Crippen LogP contribution is 2.29. The summed E-state index contributed by atoms with van der Waals surface area (Å²) in [7, 11) is 0. The Labute approximate surface area is 166 Å². The minimum absolute atomic E-state index is 0.603. The molecule has 138 valence electrons. The molecule has 4 aromatic rings. The summed E-state index contributed by atoms with van der Waals surface area (Å²) in [5.41, 5.74) is 5.82. The lowest BCUT2D eigenvalue weighted by atomic mass is 10.1. The van der Waals surface area contributed by atoms with E-state index in [2.05, 4.69) is 51.7 Å². The number of aromatic nitrogens is 6. The molecule has 0 saturated carbocycles. The van der Waals surface area contributed by atoms with Crippen LogP contribution >= 0.6 is 11.8 Å². The molecule has 5 rings (SSSR count). The van der Waals surface area contributed by atoms with E-state index in [4.69, 9.17) is 5.10 Å². The highest BCUT2D eigenvalue weighted by atomic mass is 32.2. The summed E-state index contributed by atoms with van der Waals surface area (Å²) in [6.07, 6.45) is 0. The van der Waals surface area contributed by atoms with Crippen molar-refractivity contribution < 1.29 is 0 Å². The smallest absolute Gasteiger partial charge is 0.212 e. The van der Waals surface area contributed by atoms with E-state index in [1.807, 2.05) is 41.9 Å². The van der Waals surface area contributed by atoms with Crippen molar-refractivity contribution in [2.75, 3.05) is 5.75 Å². The van der Waals surface area contributed by atoms with Crippen LogP contribution in [0.3, 0.4) is 0 Å². The van der Waals surface area contributed by atoms with Crippen LogP contribution in [0, 0.1) is 13.8 Å². The Morgan fingerprint density at radius 1 is 0.893 bits per heavy atom. The van der Waals surface area contributed by atoms with Crippen molar-refractivity contribution in [1.29, 1.82) is 0 Å². The molecular formula is C20H17N7S. The quantitative estimate of drug-likeness (QED) is 0.538. The van der Waals surface area contributed by atoms with Gasteiger partial charge in [-0.25, -0.2) is 4.68 Å². The van der Waals surface area contributed by atoms with Crippen LogP contribution in [-0.2, 0) is 0 Å². The lowest BCUT2D eigenvalue weighted by Gasteiger charge is -2.13. The van der Waals surface area contributed by atoms with Crippen molar-refractivity contribution in [2.45, 2.75) is 19.0 Å². The first kappa shape index (κ1) is 16.9. The van der Waals surface area contributed by atoms with Crippen molar-refractivity contribution in [3.8, 4) is 17.2 Å². The van der Waals surface area contributed by atoms with Gasteiger partial charge in [0.15, 0.2) is 5.69 Å². The average molecular weight is 387 g/mol. The lowest BCUT2D eigenvalue weighted by Crippen LogP contribution is -2.13. The first-order valence-corrected chi connectivity index (χ1v) is 9.90. The maximum absolute atomic E-state index is 4.80. The van der Waals surface area contributed by atoms with Crippen LogP contribution in [0.5, 0.6) is 0 Å². The van der Waals surface area contributed by atoms with Gasteiger partial charge in [-0.1, -0.05) is 65.0 Å². The van der Waals surface area contributed by atoms with Gasteiger partial charge in [-0.2, -0.15) is 9.78 Å². The third-order valence-corrected chi connectivity index (χ3v) is 5.59.